The highest BCUT2D eigenvalue weighted by Gasteiger charge is 2.11. The molecule has 0 fully saturated rings. The van der Waals surface area contributed by atoms with E-state index in [1.165, 1.54) is 11.5 Å². The number of nitrogen functional groups attached to an aromatic ring is 1. The standard InChI is InChI=1S/C10H20N4OS/c1-7(2)14(3)6-5-12-10-8(15-4)9(11)13-16-10/h7,12H,5-6H2,1-4H3,(H2,11,13). The first-order valence-corrected chi connectivity index (χ1v) is 6.06. The van der Waals surface area contributed by atoms with Crippen LogP contribution in [0.5, 0.6) is 5.75 Å². The maximum absolute atomic E-state index is 5.66. The Bertz CT molecular complexity index is 327. The predicted molar refractivity (Wildman–Crippen MR) is 69.3 cm³/mol. The molecule has 0 spiro atoms. The van der Waals surface area contributed by atoms with Crippen molar-refractivity contribution in [3.63, 3.8) is 0 Å². The van der Waals surface area contributed by atoms with Gasteiger partial charge in [0.2, 0.25) is 0 Å². The fraction of sp³-hybridized carbons (Fsp3) is 0.700. The fourth-order valence-corrected chi connectivity index (χ4v) is 1.92. The van der Waals surface area contributed by atoms with Crippen molar-refractivity contribution < 1.29 is 4.74 Å². The van der Waals surface area contributed by atoms with E-state index in [-0.39, 0.29) is 0 Å². The van der Waals surface area contributed by atoms with Gasteiger partial charge in [0.1, 0.15) is 0 Å². The summed E-state index contributed by atoms with van der Waals surface area (Å²) in [6.45, 7) is 6.17. The van der Waals surface area contributed by atoms with Crippen LogP contribution in [0.1, 0.15) is 13.8 Å². The summed E-state index contributed by atoms with van der Waals surface area (Å²) in [5.41, 5.74) is 5.66. The number of rotatable bonds is 6. The summed E-state index contributed by atoms with van der Waals surface area (Å²) in [7, 11) is 3.70. The van der Waals surface area contributed by atoms with Crippen LogP contribution in [0.25, 0.3) is 0 Å². The van der Waals surface area contributed by atoms with Crippen LogP contribution < -0.4 is 15.8 Å². The highest BCUT2D eigenvalue weighted by molar-refractivity contribution is 7.11. The second-order valence-corrected chi connectivity index (χ2v) is 4.70. The Hall–Kier alpha value is -1.01. The number of anilines is 2. The normalized spacial score (nSPS) is 11.1. The molecule has 1 rings (SSSR count). The van der Waals surface area contributed by atoms with Crippen LogP contribution in [-0.4, -0.2) is 42.6 Å². The smallest absolute Gasteiger partial charge is 0.197 e. The van der Waals surface area contributed by atoms with Gasteiger partial charge in [-0.3, -0.25) is 0 Å². The molecule has 1 aromatic rings. The Balaban J connectivity index is 2.43. The lowest BCUT2D eigenvalue weighted by molar-refractivity contribution is 0.284. The molecule has 0 bridgehead atoms. The van der Waals surface area contributed by atoms with Crippen molar-refractivity contribution >= 4 is 22.4 Å². The van der Waals surface area contributed by atoms with Crippen LogP contribution in [0.2, 0.25) is 0 Å². The molecule has 0 aliphatic heterocycles. The zero-order chi connectivity index (χ0) is 12.1. The summed E-state index contributed by atoms with van der Waals surface area (Å²) in [6.07, 6.45) is 0. The van der Waals surface area contributed by atoms with E-state index < -0.39 is 0 Å². The number of likely N-dealkylation sites (N-methyl/N-ethyl adjacent to an activating group) is 1. The first kappa shape index (κ1) is 13.1. The first-order chi connectivity index (χ1) is 7.56. The van der Waals surface area contributed by atoms with Crippen LogP contribution in [-0.2, 0) is 0 Å². The monoisotopic (exact) mass is 244 g/mol. The summed E-state index contributed by atoms with van der Waals surface area (Å²) < 4.78 is 9.21. The van der Waals surface area contributed by atoms with E-state index in [0.29, 0.717) is 17.6 Å². The summed E-state index contributed by atoms with van der Waals surface area (Å²) >= 11 is 1.33. The lowest BCUT2D eigenvalue weighted by Gasteiger charge is -2.20. The molecule has 6 heteroatoms. The predicted octanol–water partition coefficient (Wildman–Crippen LogP) is 1.49. The minimum absolute atomic E-state index is 0.451. The Morgan fingerprint density at radius 3 is 2.81 bits per heavy atom. The quantitative estimate of drug-likeness (QED) is 0.793. The van der Waals surface area contributed by atoms with Gasteiger partial charge in [-0.1, -0.05) is 0 Å². The number of ether oxygens (including phenoxy) is 1. The number of hydrogen-bond acceptors (Lipinski definition) is 6. The van der Waals surface area contributed by atoms with Gasteiger partial charge in [-0.2, -0.15) is 4.37 Å². The third kappa shape index (κ3) is 3.24. The van der Waals surface area contributed by atoms with Crippen LogP contribution in [0.15, 0.2) is 0 Å². The summed E-state index contributed by atoms with van der Waals surface area (Å²) in [6, 6.07) is 0.551. The summed E-state index contributed by atoms with van der Waals surface area (Å²) in [4.78, 5) is 2.27. The van der Waals surface area contributed by atoms with E-state index in [9.17, 15) is 0 Å². The van der Waals surface area contributed by atoms with Gasteiger partial charge in [0.15, 0.2) is 16.6 Å². The van der Waals surface area contributed by atoms with Crippen molar-refractivity contribution in [1.82, 2.24) is 9.27 Å². The van der Waals surface area contributed by atoms with Gasteiger partial charge in [0.05, 0.1) is 7.11 Å². The number of nitrogens with zero attached hydrogens (tertiary/aromatic N) is 2. The van der Waals surface area contributed by atoms with E-state index in [2.05, 4.69) is 35.5 Å². The average Bonchev–Trinajstić information content (AvgIpc) is 2.59. The van der Waals surface area contributed by atoms with E-state index in [4.69, 9.17) is 10.5 Å². The van der Waals surface area contributed by atoms with Gasteiger partial charge in [-0.25, -0.2) is 0 Å². The Kier molecular flexibility index (Phi) is 4.82. The van der Waals surface area contributed by atoms with E-state index in [1.807, 2.05) is 0 Å². The van der Waals surface area contributed by atoms with Crippen molar-refractivity contribution in [1.29, 1.82) is 0 Å². The molecule has 0 saturated heterocycles. The SMILES string of the molecule is COc1c(N)nsc1NCCN(C)C(C)C. The number of methoxy groups -OCH3 is 1. The van der Waals surface area contributed by atoms with Crippen molar-refractivity contribution in [2.75, 3.05) is 38.3 Å². The van der Waals surface area contributed by atoms with Crippen molar-refractivity contribution in [3.05, 3.63) is 0 Å². The lowest BCUT2D eigenvalue weighted by atomic mass is 10.3. The van der Waals surface area contributed by atoms with Crippen molar-refractivity contribution in [2.45, 2.75) is 19.9 Å². The van der Waals surface area contributed by atoms with Gasteiger partial charge in [0, 0.05) is 19.1 Å². The molecule has 92 valence electrons. The largest absolute Gasteiger partial charge is 0.490 e. The summed E-state index contributed by atoms with van der Waals surface area (Å²) in [5, 5.41) is 4.18. The van der Waals surface area contributed by atoms with Gasteiger partial charge < -0.3 is 20.7 Å². The molecule has 0 aliphatic rings. The Morgan fingerprint density at radius 1 is 1.56 bits per heavy atom. The van der Waals surface area contributed by atoms with Crippen LogP contribution in [0.4, 0.5) is 10.8 Å². The zero-order valence-electron chi connectivity index (χ0n) is 10.3. The Morgan fingerprint density at radius 2 is 2.25 bits per heavy atom. The molecule has 3 N–H and O–H groups in total. The minimum Gasteiger partial charge on any atom is -0.490 e. The molecule has 1 aromatic heterocycles. The third-order valence-electron chi connectivity index (χ3n) is 2.51. The molecule has 0 aliphatic carbocycles. The van der Waals surface area contributed by atoms with Gasteiger partial charge in [-0.05, 0) is 32.4 Å². The maximum Gasteiger partial charge on any atom is 0.197 e. The fourth-order valence-electron chi connectivity index (χ4n) is 1.21. The van der Waals surface area contributed by atoms with Crippen molar-refractivity contribution in [2.24, 2.45) is 0 Å². The third-order valence-corrected chi connectivity index (χ3v) is 3.31. The minimum atomic E-state index is 0.451. The molecule has 0 saturated carbocycles. The van der Waals surface area contributed by atoms with Gasteiger partial charge in [-0.15, -0.1) is 0 Å². The van der Waals surface area contributed by atoms with Crippen LogP contribution in [0, 0.1) is 0 Å². The van der Waals surface area contributed by atoms with E-state index >= 15 is 0 Å². The second kappa shape index (κ2) is 5.91. The lowest BCUT2D eigenvalue weighted by Crippen LogP contribution is -2.31. The zero-order valence-corrected chi connectivity index (χ0v) is 11.1. The van der Waals surface area contributed by atoms with E-state index in [1.54, 1.807) is 7.11 Å². The maximum atomic E-state index is 5.66. The average molecular weight is 244 g/mol. The molecular formula is C10H20N4OS. The van der Waals surface area contributed by atoms with E-state index in [0.717, 1.165) is 18.1 Å². The molecule has 16 heavy (non-hydrogen) atoms. The highest BCUT2D eigenvalue weighted by atomic mass is 32.1. The Labute approximate surface area is 101 Å². The van der Waals surface area contributed by atoms with Gasteiger partial charge >= 0.3 is 0 Å². The number of aromatic nitrogens is 1. The van der Waals surface area contributed by atoms with Crippen LogP contribution >= 0.6 is 11.5 Å². The number of hydrogen-bond donors (Lipinski definition) is 2. The molecule has 0 amide bonds. The highest BCUT2D eigenvalue weighted by Crippen LogP contribution is 2.34. The number of nitrogens with one attached hydrogen (secondary N) is 1. The first-order valence-electron chi connectivity index (χ1n) is 5.29. The molecule has 0 aromatic carbocycles. The van der Waals surface area contributed by atoms with Crippen molar-refractivity contribution in [3.8, 4) is 5.75 Å². The molecule has 1 heterocycles. The summed E-state index contributed by atoms with van der Waals surface area (Å²) in [5.74, 6) is 1.10. The molecule has 0 atom stereocenters. The number of nitrogens with two attached hydrogens (primary N) is 1. The van der Waals surface area contributed by atoms with Gasteiger partial charge in [0.25, 0.3) is 0 Å². The molecular weight excluding hydrogens is 224 g/mol. The second-order valence-electron chi connectivity index (χ2n) is 3.93. The topological polar surface area (TPSA) is 63.4 Å². The molecule has 0 radical (unpaired) electrons. The molecule has 0 unspecified atom stereocenters. The van der Waals surface area contributed by atoms with Crippen LogP contribution in [0.3, 0.4) is 0 Å². The molecule has 5 nitrogen and oxygen atoms in total.